The maximum atomic E-state index is 10.5. The Balaban J connectivity index is 2.38. The Hall–Kier alpha value is -1.72. The topological polar surface area (TPSA) is 28.5 Å². The largest absolute Gasteiger partial charge is 0.503 e. The number of aliphatic hydroxyl groups is 1. The molecular formula is C14H13N2OS2+. The molecule has 0 amide bonds. The fraction of sp³-hybridized carbons (Fsp3) is 0.143. The second kappa shape index (κ2) is 4.43. The average molecular weight is 289 g/mol. The van der Waals surface area contributed by atoms with Crippen molar-refractivity contribution >= 4 is 34.3 Å². The van der Waals surface area contributed by atoms with Crippen molar-refractivity contribution < 1.29 is 9.67 Å². The van der Waals surface area contributed by atoms with Crippen molar-refractivity contribution in [2.75, 3.05) is 0 Å². The van der Waals surface area contributed by atoms with Gasteiger partial charge in [-0.3, -0.25) is 0 Å². The van der Waals surface area contributed by atoms with Crippen LogP contribution in [0.1, 0.15) is 11.1 Å². The summed E-state index contributed by atoms with van der Waals surface area (Å²) in [5.41, 5.74) is 1.95. The molecule has 0 saturated heterocycles. The normalized spacial score (nSPS) is 12.9. The Bertz CT molecular complexity index is 859. The molecule has 0 spiro atoms. The maximum Gasteiger partial charge on any atom is 0.347 e. The molecule has 19 heavy (non-hydrogen) atoms. The zero-order valence-corrected chi connectivity index (χ0v) is 12.3. The lowest BCUT2D eigenvalue weighted by molar-refractivity contribution is -0.642. The molecule has 2 aromatic heterocycles. The molecule has 0 aliphatic heterocycles. The molecule has 0 aliphatic rings. The quantitative estimate of drug-likeness (QED) is 0.550. The first-order valence-electron chi connectivity index (χ1n) is 5.88. The summed E-state index contributed by atoms with van der Waals surface area (Å²) in [6.45, 7) is 2.02. The second-order valence-corrected chi connectivity index (χ2v) is 6.16. The summed E-state index contributed by atoms with van der Waals surface area (Å²) >= 11 is 6.87. The van der Waals surface area contributed by atoms with Gasteiger partial charge in [0.05, 0.1) is 7.05 Å². The highest BCUT2D eigenvalue weighted by molar-refractivity contribution is 7.73. The highest BCUT2D eigenvalue weighted by Crippen LogP contribution is 2.12. The van der Waals surface area contributed by atoms with Crippen LogP contribution in [0.15, 0.2) is 36.7 Å². The second-order valence-electron chi connectivity index (χ2n) is 4.51. The summed E-state index contributed by atoms with van der Waals surface area (Å²) < 4.78 is 4.62. The highest BCUT2D eigenvalue weighted by Gasteiger charge is 2.16. The zero-order valence-electron chi connectivity index (χ0n) is 10.6. The minimum absolute atomic E-state index is 0.229. The van der Waals surface area contributed by atoms with Crippen LogP contribution in [0.25, 0.3) is 10.7 Å². The minimum atomic E-state index is 0.229. The van der Waals surface area contributed by atoms with Crippen LogP contribution in [0.3, 0.4) is 0 Å². The van der Waals surface area contributed by atoms with Crippen molar-refractivity contribution in [3.05, 3.63) is 57.0 Å². The van der Waals surface area contributed by atoms with E-state index < -0.39 is 0 Å². The van der Waals surface area contributed by atoms with Gasteiger partial charge in [-0.05, 0) is 18.3 Å². The van der Waals surface area contributed by atoms with E-state index in [0.717, 1.165) is 16.1 Å². The van der Waals surface area contributed by atoms with Gasteiger partial charge in [-0.1, -0.05) is 42.0 Å². The number of aryl methyl sites for hydroxylation is 2. The summed E-state index contributed by atoms with van der Waals surface area (Å²) in [6, 6.07) is 7.78. The van der Waals surface area contributed by atoms with Gasteiger partial charge < -0.3 is 5.11 Å². The number of aromatic nitrogens is 2. The Morgan fingerprint density at radius 1 is 1.32 bits per heavy atom. The van der Waals surface area contributed by atoms with Gasteiger partial charge in [-0.25, -0.2) is 4.57 Å². The van der Waals surface area contributed by atoms with Gasteiger partial charge >= 0.3 is 4.96 Å². The number of benzene rings is 1. The third-order valence-electron chi connectivity index (χ3n) is 3.11. The van der Waals surface area contributed by atoms with Crippen molar-refractivity contribution in [1.82, 2.24) is 4.40 Å². The molecule has 3 nitrogen and oxygen atoms in total. The van der Waals surface area contributed by atoms with Gasteiger partial charge in [0.2, 0.25) is 5.35 Å². The third-order valence-corrected chi connectivity index (χ3v) is 4.60. The highest BCUT2D eigenvalue weighted by atomic mass is 32.1. The summed E-state index contributed by atoms with van der Waals surface area (Å²) in [5.74, 6) is 0.229. The molecule has 0 unspecified atom stereocenters. The monoisotopic (exact) mass is 289 g/mol. The van der Waals surface area contributed by atoms with Gasteiger partial charge in [0, 0.05) is 5.56 Å². The van der Waals surface area contributed by atoms with Crippen molar-refractivity contribution in [3.63, 3.8) is 0 Å². The van der Waals surface area contributed by atoms with E-state index in [9.17, 15) is 5.11 Å². The summed E-state index contributed by atoms with van der Waals surface area (Å²) in [7, 11) is 1.97. The molecule has 3 aromatic rings. The van der Waals surface area contributed by atoms with Crippen LogP contribution in [0.4, 0.5) is 0 Å². The average Bonchev–Trinajstić information content (AvgIpc) is 2.89. The number of aliphatic hydroxyl groups excluding tert-OH is 1. The van der Waals surface area contributed by atoms with Crippen molar-refractivity contribution in [1.29, 1.82) is 0 Å². The lowest BCUT2D eigenvalue weighted by Gasteiger charge is -1.98. The molecule has 2 heterocycles. The summed E-state index contributed by atoms with van der Waals surface area (Å²) in [6.07, 6.45) is 3.87. The van der Waals surface area contributed by atoms with Crippen LogP contribution in [0, 0.1) is 10.7 Å². The first-order valence-corrected chi connectivity index (χ1v) is 7.10. The Labute approximate surface area is 119 Å². The van der Waals surface area contributed by atoms with E-state index in [2.05, 4.69) is 0 Å². The third kappa shape index (κ3) is 1.95. The summed E-state index contributed by atoms with van der Waals surface area (Å²) in [4.78, 5) is 1.01. The van der Waals surface area contributed by atoms with E-state index >= 15 is 0 Å². The number of hydrogen-bond acceptors (Lipinski definition) is 3. The van der Waals surface area contributed by atoms with Crippen molar-refractivity contribution in [2.45, 2.75) is 6.92 Å². The predicted octanol–water partition coefficient (Wildman–Crippen LogP) is 2.30. The first-order chi connectivity index (χ1) is 9.08. The molecular weight excluding hydrogens is 276 g/mol. The lowest BCUT2D eigenvalue weighted by atomic mass is 10.1. The van der Waals surface area contributed by atoms with Gasteiger partial charge in [0.15, 0.2) is 5.76 Å². The lowest BCUT2D eigenvalue weighted by Crippen LogP contribution is -2.25. The van der Waals surface area contributed by atoms with E-state index in [1.54, 1.807) is 0 Å². The molecule has 5 heteroatoms. The van der Waals surface area contributed by atoms with E-state index in [0.29, 0.717) is 9.17 Å². The maximum absolute atomic E-state index is 10.5. The fourth-order valence-corrected chi connectivity index (χ4v) is 3.38. The predicted molar refractivity (Wildman–Crippen MR) is 78.8 cm³/mol. The number of hydrogen-bond donors (Lipinski definition) is 1. The summed E-state index contributed by atoms with van der Waals surface area (Å²) in [5, 5.41) is 11.2. The Morgan fingerprint density at radius 2 is 2.00 bits per heavy atom. The zero-order chi connectivity index (χ0) is 13.6. The van der Waals surface area contributed by atoms with Gasteiger partial charge in [0.1, 0.15) is 16.2 Å². The molecule has 0 saturated carbocycles. The van der Waals surface area contributed by atoms with Crippen molar-refractivity contribution in [3.8, 4) is 0 Å². The van der Waals surface area contributed by atoms with Crippen LogP contribution in [-0.2, 0) is 7.05 Å². The van der Waals surface area contributed by atoms with E-state index in [-0.39, 0.29) is 5.76 Å². The SMILES string of the molecule is Cc1ccc(/C(O)=c2\c(=S)sc3n2cc[n+]3C)cc1. The standard InChI is InChI=1S/C14H12N2OS2/c1-9-3-5-10(6-4-9)12(17)11-13(18)19-14-15(2)7-8-16(11)14/h3-8H,1-2H3/p+1. The molecule has 0 atom stereocenters. The molecule has 96 valence electrons. The van der Waals surface area contributed by atoms with Crippen LogP contribution in [-0.4, -0.2) is 9.51 Å². The first kappa shape index (κ1) is 12.3. The van der Waals surface area contributed by atoms with E-state index in [1.807, 2.05) is 59.6 Å². The number of nitrogens with zero attached hydrogens (tertiary/aromatic N) is 2. The molecule has 1 aromatic carbocycles. The van der Waals surface area contributed by atoms with Gasteiger partial charge in [-0.15, -0.1) is 0 Å². The number of fused-ring (bicyclic) bond motifs is 1. The minimum Gasteiger partial charge on any atom is -0.503 e. The molecule has 0 fully saturated rings. The van der Waals surface area contributed by atoms with E-state index in [1.165, 1.54) is 11.3 Å². The van der Waals surface area contributed by atoms with Crippen LogP contribution in [0.5, 0.6) is 0 Å². The fourth-order valence-electron chi connectivity index (χ4n) is 2.04. The molecule has 0 aliphatic carbocycles. The van der Waals surface area contributed by atoms with Crippen LogP contribution < -0.4 is 9.92 Å². The number of thiazole rings is 1. The molecule has 3 rings (SSSR count). The van der Waals surface area contributed by atoms with E-state index in [4.69, 9.17) is 12.2 Å². The molecule has 0 bridgehead atoms. The smallest absolute Gasteiger partial charge is 0.347 e. The van der Waals surface area contributed by atoms with Gasteiger partial charge in [0.25, 0.3) is 0 Å². The van der Waals surface area contributed by atoms with Gasteiger partial charge in [-0.2, -0.15) is 4.40 Å². The number of imidazole rings is 1. The van der Waals surface area contributed by atoms with Crippen LogP contribution >= 0.6 is 23.6 Å². The molecule has 1 N–H and O–H groups in total. The Kier molecular flexibility index (Phi) is 2.88. The van der Waals surface area contributed by atoms with Crippen molar-refractivity contribution in [2.24, 2.45) is 7.05 Å². The van der Waals surface area contributed by atoms with Crippen LogP contribution in [0.2, 0.25) is 0 Å². The Morgan fingerprint density at radius 3 is 2.68 bits per heavy atom. The molecule has 0 radical (unpaired) electrons. The number of rotatable bonds is 1.